The van der Waals surface area contributed by atoms with Gasteiger partial charge in [-0.25, -0.2) is 4.98 Å². The maximum absolute atomic E-state index is 13.3. The zero-order valence-corrected chi connectivity index (χ0v) is 20.0. The molecule has 1 amide bonds. The highest BCUT2D eigenvalue weighted by Crippen LogP contribution is 2.41. The number of nitrogens with zero attached hydrogens (tertiary/aromatic N) is 5. The largest absolute Gasteiger partial charge is 0.492 e. The van der Waals surface area contributed by atoms with Crippen LogP contribution in [0.3, 0.4) is 0 Å². The number of amides is 1. The first kappa shape index (κ1) is 22.2. The van der Waals surface area contributed by atoms with Gasteiger partial charge in [-0.1, -0.05) is 18.9 Å². The van der Waals surface area contributed by atoms with E-state index in [1.807, 2.05) is 49.5 Å². The number of fused-ring (bicyclic) bond motifs is 1. The normalized spacial score (nSPS) is 17.4. The predicted octanol–water partition coefficient (Wildman–Crippen LogP) is 4.47. The predicted molar refractivity (Wildman–Crippen MR) is 130 cm³/mol. The maximum Gasteiger partial charge on any atom is 0.272 e. The molecule has 3 heterocycles. The van der Waals surface area contributed by atoms with Gasteiger partial charge in [-0.3, -0.25) is 14.4 Å². The van der Waals surface area contributed by atoms with Crippen LogP contribution in [0, 0.1) is 0 Å². The van der Waals surface area contributed by atoms with E-state index >= 15 is 0 Å². The fourth-order valence-corrected chi connectivity index (χ4v) is 4.64. The van der Waals surface area contributed by atoms with E-state index in [-0.39, 0.29) is 11.9 Å². The number of hydrogen-bond donors (Lipinski definition) is 1. The van der Waals surface area contributed by atoms with Crippen molar-refractivity contribution in [3.05, 3.63) is 36.8 Å². The first-order valence-electron chi connectivity index (χ1n) is 11.8. The molecule has 0 atom stereocenters. The number of anilines is 3. The van der Waals surface area contributed by atoms with Crippen molar-refractivity contribution in [3.8, 4) is 22.6 Å². The molecule has 0 unspecified atom stereocenters. The monoisotopic (exact) mass is 462 g/mol. The second-order valence-electron chi connectivity index (χ2n) is 9.28. The van der Waals surface area contributed by atoms with Crippen molar-refractivity contribution in [2.45, 2.75) is 58.1 Å². The molecule has 1 fully saturated rings. The summed E-state index contributed by atoms with van der Waals surface area (Å²) in [5.41, 5.74) is 1.80. The van der Waals surface area contributed by atoms with Crippen LogP contribution in [0.1, 0.15) is 46.5 Å². The Kier molecular flexibility index (Phi) is 5.63. The first-order chi connectivity index (χ1) is 16.4. The molecule has 1 saturated carbocycles. The van der Waals surface area contributed by atoms with Crippen LogP contribution in [0.2, 0.25) is 0 Å². The first-order valence-corrected chi connectivity index (χ1v) is 11.8. The molecular weight excluding hydrogens is 432 g/mol. The van der Waals surface area contributed by atoms with Crippen molar-refractivity contribution in [2.75, 3.05) is 16.8 Å². The van der Waals surface area contributed by atoms with Gasteiger partial charge in [0, 0.05) is 24.8 Å². The molecule has 1 aromatic carbocycles. The van der Waals surface area contributed by atoms with Gasteiger partial charge in [0.25, 0.3) is 5.91 Å². The van der Waals surface area contributed by atoms with Crippen LogP contribution in [-0.4, -0.2) is 43.9 Å². The molecule has 0 spiro atoms. The summed E-state index contributed by atoms with van der Waals surface area (Å²) in [7, 11) is 1.89. The van der Waals surface area contributed by atoms with Crippen LogP contribution in [-0.2, 0) is 11.8 Å². The lowest BCUT2D eigenvalue weighted by Gasteiger charge is -2.40. The molecule has 0 saturated heterocycles. The minimum Gasteiger partial charge on any atom is -0.492 e. The third-order valence-corrected chi connectivity index (χ3v) is 6.32. The van der Waals surface area contributed by atoms with Gasteiger partial charge in [-0.15, -0.1) is 0 Å². The highest BCUT2D eigenvalue weighted by Gasteiger charge is 2.45. The zero-order chi connectivity index (χ0) is 23.9. The molecule has 5 rings (SSSR count). The van der Waals surface area contributed by atoms with Crippen molar-refractivity contribution >= 4 is 23.4 Å². The van der Waals surface area contributed by atoms with Crippen molar-refractivity contribution in [1.29, 1.82) is 0 Å². The van der Waals surface area contributed by atoms with E-state index in [2.05, 4.69) is 15.4 Å². The molecule has 2 aromatic heterocycles. The third-order valence-electron chi connectivity index (χ3n) is 6.32. The van der Waals surface area contributed by atoms with E-state index in [4.69, 9.17) is 14.5 Å². The number of benzene rings is 1. The highest BCUT2D eigenvalue weighted by molar-refractivity contribution is 6.02. The van der Waals surface area contributed by atoms with E-state index < -0.39 is 5.60 Å². The van der Waals surface area contributed by atoms with Gasteiger partial charge >= 0.3 is 0 Å². The molecule has 0 radical (unpaired) electrons. The zero-order valence-electron chi connectivity index (χ0n) is 20.0. The Balaban J connectivity index is 1.48. The van der Waals surface area contributed by atoms with Gasteiger partial charge in [0.2, 0.25) is 5.95 Å². The number of aryl methyl sites for hydroxylation is 1. The molecule has 1 N–H and O–H groups in total. The number of hydrogen-bond acceptors (Lipinski definition) is 7. The summed E-state index contributed by atoms with van der Waals surface area (Å²) < 4.78 is 13.6. The lowest BCUT2D eigenvalue weighted by atomic mass is 10.0. The van der Waals surface area contributed by atoms with Gasteiger partial charge in [0.15, 0.2) is 17.2 Å². The summed E-state index contributed by atoms with van der Waals surface area (Å²) >= 11 is 0. The quantitative estimate of drug-likeness (QED) is 0.578. The Labute approximate surface area is 199 Å². The standard InChI is InChI=1S/C25H30N6O3/c1-5-33-20-12-16(17-13-27-30(4)15-17)10-11-19(20)28-24-26-14-21-22(29-24)31(18-8-6-7-9-18)23(32)25(2,3)34-21/h10-15,18H,5-9H2,1-4H3,(H,26,28,29). The van der Waals surface area contributed by atoms with Gasteiger partial charge in [0.05, 0.1) is 24.7 Å². The van der Waals surface area contributed by atoms with Crippen LogP contribution in [0.5, 0.6) is 11.5 Å². The fourth-order valence-electron chi connectivity index (χ4n) is 4.64. The topological polar surface area (TPSA) is 94.4 Å². The second kappa shape index (κ2) is 8.62. The Bertz CT molecular complexity index is 1220. The molecule has 34 heavy (non-hydrogen) atoms. The van der Waals surface area contributed by atoms with Gasteiger partial charge < -0.3 is 14.8 Å². The molecule has 3 aromatic rings. The average Bonchev–Trinajstić information content (AvgIpc) is 3.48. The van der Waals surface area contributed by atoms with E-state index in [1.165, 1.54) is 0 Å². The van der Waals surface area contributed by atoms with Gasteiger partial charge in [-0.05, 0) is 51.3 Å². The summed E-state index contributed by atoms with van der Waals surface area (Å²) in [5.74, 6) is 2.06. The van der Waals surface area contributed by atoms with Gasteiger partial charge in [-0.2, -0.15) is 10.1 Å². The van der Waals surface area contributed by atoms with E-state index in [0.717, 1.165) is 42.5 Å². The summed E-state index contributed by atoms with van der Waals surface area (Å²) in [4.78, 5) is 24.3. The highest BCUT2D eigenvalue weighted by atomic mass is 16.5. The van der Waals surface area contributed by atoms with Crippen molar-refractivity contribution in [2.24, 2.45) is 7.05 Å². The number of rotatable bonds is 6. The lowest BCUT2D eigenvalue weighted by molar-refractivity contribution is -0.133. The van der Waals surface area contributed by atoms with Crippen molar-refractivity contribution in [3.63, 3.8) is 0 Å². The Morgan fingerprint density at radius 2 is 2.00 bits per heavy atom. The molecule has 9 heteroatoms. The van der Waals surface area contributed by atoms with Crippen molar-refractivity contribution < 1.29 is 14.3 Å². The SMILES string of the molecule is CCOc1cc(-c2cnn(C)c2)ccc1Nc1ncc2c(n1)N(C1CCCC1)C(=O)C(C)(C)O2. The van der Waals surface area contributed by atoms with Gasteiger partial charge in [0.1, 0.15) is 5.75 Å². The molecule has 2 aliphatic rings. The summed E-state index contributed by atoms with van der Waals surface area (Å²) in [6.07, 6.45) is 9.59. The third kappa shape index (κ3) is 4.06. The summed E-state index contributed by atoms with van der Waals surface area (Å²) in [6.45, 7) is 6.05. The van der Waals surface area contributed by atoms with Crippen LogP contribution in [0.25, 0.3) is 11.1 Å². The number of carbonyl (C=O) groups excluding carboxylic acids is 1. The van der Waals surface area contributed by atoms with Crippen molar-refractivity contribution in [1.82, 2.24) is 19.7 Å². The van der Waals surface area contributed by atoms with E-state index in [0.29, 0.717) is 29.9 Å². The van der Waals surface area contributed by atoms with Crippen LogP contribution in [0.4, 0.5) is 17.5 Å². The second-order valence-corrected chi connectivity index (χ2v) is 9.28. The maximum atomic E-state index is 13.3. The summed E-state index contributed by atoms with van der Waals surface area (Å²) in [6, 6.07) is 6.05. The van der Waals surface area contributed by atoms with Crippen LogP contribution in [0.15, 0.2) is 36.8 Å². The molecule has 0 bridgehead atoms. The Morgan fingerprint density at radius 3 is 2.71 bits per heavy atom. The minimum atomic E-state index is -0.946. The van der Waals surface area contributed by atoms with E-state index in [9.17, 15) is 4.79 Å². The number of carbonyl (C=O) groups is 1. The fraction of sp³-hybridized carbons (Fsp3) is 0.440. The molecule has 9 nitrogen and oxygen atoms in total. The molecular formula is C25H30N6O3. The smallest absolute Gasteiger partial charge is 0.272 e. The minimum absolute atomic E-state index is 0.0626. The number of aromatic nitrogens is 4. The molecule has 1 aliphatic carbocycles. The number of nitrogens with one attached hydrogen (secondary N) is 1. The lowest BCUT2D eigenvalue weighted by Crippen LogP contribution is -2.55. The van der Waals surface area contributed by atoms with Crippen LogP contribution >= 0.6 is 0 Å². The average molecular weight is 463 g/mol. The van der Waals surface area contributed by atoms with Crippen LogP contribution < -0.4 is 19.7 Å². The Morgan fingerprint density at radius 1 is 1.21 bits per heavy atom. The van der Waals surface area contributed by atoms with E-state index in [1.54, 1.807) is 24.7 Å². The number of ether oxygens (including phenoxy) is 2. The molecule has 178 valence electrons. The summed E-state index contributed by atoms with van der Waals surface area (Å²) in [5, 5.41) is 7.53. The molecule has 1 aliphatic heterocycles. The Hall–Kier alpha value is -3.62.